The first-order valence-electron chi connectivity index (χ1n) is 4.54. The Balaban J connectivity index is 1.98. The fourth-order valence-electron chi connectivity index (χ4n) is 2.27. The van der Waals surface area contributed by atoms with Crippen LogP contribution < -0.4 is 5.32 Å². The van der Waals surface area contributed by atoms with Gasteiger partial charge in [-0.2, -0.15) is 13.2 Å². The molecule has 76 valence electrons. The molecule has 2 rings (SSSR count). The zero-order valence-corrected chi connectivity index (χ0v) is 7.32. The van der Waals surface area contributed by atoms with Crippen LogP contribution in [-0.4, -0.2) is 42.8 Å². The fourth-order valence-corrected chi connectivity index (χ4v) is 2.27. The average molecular weight is 194 g/mol. The van der Waals surface area contributed by atoms with Crippen molar-refractivity contribution in [3.8, 4) is 0 Å². The monoisotopic (exact) mass is 194 g/mol. The summed E-state index contributed by atoms with van der Waals surface area (Å²) in [6, 6.07) is 0. The molecule has 2 saturated heterocycles. The Hall–Kier alpha value is -0.290. The first-order chi connectivity index (χ1) is 6.02. The van der Waals surface area contributed by atoms with Crippen molar-refractivity contribution in [3.63, 3.8) is 0 Å². The maximum atomic E-state index is 12.1. The quantitative estimate of drug-likeness (QED) is 0.669. The minimum atomic E-state index is -4.05. The molecule has 2 aliphatic rings. The van der Waals surface area contributed by atoms with Crippen LogP contribution in [0.4, 0.5) is 13.2 Å². The van der Waals surface area contributed by atoms with E-state index in [0.29, 0.717) is 6.54 Å². The molecule has 0 unspecified atom stereocenters. The van der Waals surface area contributed by atoms with Gasteiger partial charge >= 0.3 is 6.18 Å². The van der Waals surface area contributed by atoms with Gasteiger partial charge in [0.15, 0.2) is 0 Å². The second kappa shape index (κ2) is 2.85. The van der Waals surface area contributed by atoms with E-state index in [1.807, 2.05) is 0 Å². The van der Waals surface area contributed by atoms with Crippen LogP contribution in [-0.2, 0) is 0 Å². The smallest absolute Gasteiger partial charge is 0.313 e. The number of halogens is 3. The van der Waals surface area contributed by atoms with Gasteiger partial charge in [0.25, 0.3) is 0 Å². The van der Waals surface area contributed by atoms with Crippen LogP contribution in [0.5, 0.6) is 0 Å². The van der Waals surface area contributed by atoms with Gasteiger partial charge in [-0.15, -0.1) is 0 Å². The van der Waals surface area contributed by atoms with Crippen molar-refractivity contribution >= 4 is 0 Å². The lowest BCUT2D eigenvalue weighted by Crippen LogP contribution is -2.67. The minimum Gasteiger partial charge on any atom is -0.313 e. The van der Waals surface area contributed by atoms with Crippen LogP contribution >= 0.6 is 0 Å². The topological polar surface area (TPSA) is 15.3 Å². The summed E-state index contributed by atoms with van der Waals surface area (Å²) in [5.74, 6) is 0. The summed E-state index contributed by atoms with van der Waals surface area (Å²) in [6.07, 6.45) is -2.24. The van der Waals surface area contributed by atoms with Gasteiger partial charge in [-0.1, -0.05) is 0 Å². The van der Waals surface area contributed by atoms with E-state index in [2.05, 4.69) is 5.32 Å². The van der Waals surface area contributed by atoms with Crippen molar-refractivity contribution in [2.45, 2.75) is 24.6 Å². The Bertz CT molecular complexity index is 198. The van der Waals surface area contributed by atoms with E-state index < -0.39 is 12.7 Å². The lowest BCUT2D eigenvalue weighted by molar-refractivity contribution is -0.158. The summed E-state index contributed by atoms with van der Waals surface area (Å²) < 4.78 is 36.4. The van der Waals surface area contributed by atoms with Gasteiger partial charge in [0.05, 0.1) is 6.54 Å². The summed E-state index contributed by atoms with van der Waals surface area (Å²) in [7, 11) is 0. The van der Waals surface area contributed by atoms with Gasteiger partial charge in [0, 0.05) is 18.6 Å². The SMILES string of the molecule is FC(F)(F)CN1CCCC12CNC2. The van der Waals surface area contributed by atoms with Gasteiger partial charge in [0.1, 0.15) is 0 Å². The molecular formula is C8H13F3N2. The molecule has 5 heteroatoms. The van der Waals surface area contributed by atoms with Crippen molar-refractivity contribution in [2.24, 2.45) is 0 Å². The molecule has 0 aromatic heterocycles. The Labute approximate surface area is 75.1 Å². The summed E-state index contributed by atoms with van der Waals surface area (Å²) in [5.41, 5.74) is -0.157. The Morgan fingerprint density at radius 1 is 1.31 bits per heavy atom. The molecule has 13 heavy (non-hydrogen) atoms. The van der Waals surface area contributed by atoms with Gasteiger partial charge < -0.3 is 5.32 Å². The molecule has 2 nitrogen and oxygen atoms in total. The number of hydrogen-bond acceptors (Lipinski definition) is 2. The largest absolute Gasteiger partial charge is 0.401 e. The van der Waals surface area contributed by atoms with E-state index in [-0.39, 0.29) is 5.54 Å². The van der Waals surface area contributed by atoms with Crippen LogP contribution in [0.2, 0.25) is 0 Å². The lowest BCUT2D eigenvalue weighted by atomic mass is 9.89. The third-order valence-corrected chi connectivity index (χ3v) is 3.02. The highest BCUT2D eigenvalue weighted by molar-refractivity contribution is 5.06. The van der Waals surface area contributed by atoms with Crippen LogP contribution in [0.3, 0.4) is 0 Å². The number of likely N-dealkylation sites (tertiary alicyclic amines) is 1. The van der Waals surface area contributed by atoms with Gasteiger partial charge in [-0.25, -0.2) is 0 Å². The number of nitrogens with one attached hydrogen (secondary N) is 1. The molecule has 0 atom stereocenters. The third-order valence-electron chi connectivity index (χ3n) is 3.02. The fraction of sp³-hybridized carbons (Fsp3) is 1.00. The predicted molar refractivity (Wildman–Crippen MR) is 42.5 cm³/mol. The van der Waals surface area contributed by atoms with E-state index >= 15 is 0 Å². The van der Waals surface area contributed by atoms with Crippen molar-refractivity contribution in [2.75, 3.05) is 26.2 Å². The third kappa shape index (κ3) is 1.67. The molecule has 2 fully saturated rings. The molecule has 1 N–H and O–H groups in total. The van der Waals surface area contributed by atoms with Gasteiger partial charge in [-0.3, -0.25) is 4.90 Å². The van der Waals surface area contributed by atoms with Gasteiger partial charge in [0.2, 0.25) is 0 Å². The molecule has 0 aliphatic carbocycles. The van der Waals surface area contributed by atoms with Crippen LogP contribution in [0.1, 0.15) is 12.8 Å². The lowest BCUT2D eigenvalue weighted by Gasteiger charge is -2.46. The minimum absolute atomic E-state index is 0.157. The molecule has 0 aromatic carbocycles. The van der Waals surface area contributed by atoms with E-state index in [1.165, 1.54) is 0 Å². The van der Waals surface area contributed by atoms with Crippen molar-refractivity contribution in [1.82, 2.24) is 10.2 Å². The van der Waals surface area contributed by atoms with Crippen molar-refractivity contribution < 1.29 is 13.2 Å². The second-order valence-corrected chi connectivity index (χ2v) is 3.97. The molecule has 2 aliphatic heterocycles. The first kappa shape index (κ1) is 9.27. The summed E-state index contributed by atoms with van der Waals surface area (Å²) in [6.45, 7) is 1.31. The summed E-state index contributed by atoms with van der Waals surface area (Å²) in [5, 5.41) is 3.05. The average Bonchev–Trinajstić information content (AvgIpc) is 2.25. The highest BCUT2D eigenvalue weighted by atomic mass is 19.4. The van der Waals surface area contributed by atoms with E-state index in [1.54, 1.807) is 4.90 Å². The molecule has 0 saturated carbocycles. The normalized spacial score (nSPS) is 27.9. The Morgan fingerprint density at radius 3 is 2.46 bits per heavy atom. The Kier molecular flexibility index (Phi) is 2.03. The summed E-state index contributed by atoms with van der Waals surface area (Å²) >= 11 is 0. The molecule has 0 bridgehead atoms. The van der Waals surface area contributed by atoms with Crippen molar-refractivity contribution in [1.29, 1.82) is 0 Å². The molecule has 2 heterocycles. The summed E-state index contributed by atoms with van der Waals surface area (Å²) in [4.78, 5) is 1.59. The maximum absolute atomic E-state index is 12.1. The number of rotatable bonds is 1. The van der Waals surface area contributed by atoms with Crippen LogP contribution in [0.15, 0.2) is 0 Å². The number of nitrogens with zero attached hydrogens (tertiary/aromatic N) is 1. The number of alkyl halides is 3. The Morgan fingerprint density at radius 2 is 2.00 bits per heavy atom. The van der Waals surface area contributed by atoms with E-state index in [0.717, 1.165) is 25.9 Å². The highest BCUT2D eigenvalue weighted by Crippen LogP contribution is 2.34. The van der Waals surface area contributed by atoms with Crippen LogP contribution in [0.25, 0.3) is 0 Å². The maximum Gasteiger partial charge on any atom is 0.401 e. The zero-order valence-electron chi connectivity index (χ0n) is 7.32. The molecule has 0 amide bonds. The van der Waals surface area contributed by atoms with Gasteiger partial charge in [-0.05, 0) is 19.4 Å². The molecular weight excluding hydrogens is 181 g/mol. The molecule has 0 aromatic rings. The second-order valence-electron chi connectivity index (χ2n) is 3.97. The highest BCUT2D eigenvalue weighted by Gasteiger charge is 2.48. The van der Waals surface area contributed by atoms with Crippen molar-refractivity contribution in [3.05, 3.63) is 0 Å². The number of hydrogen-bond donors (Lipinski definition) is 1. The first-order valence-corrected chi connectivity index (χ1v) is 4.54. The standard InChI is InChI=1S/C8H13F3N2/c9-8(10,11)6-13-3-1-2-7(13)4-12-5-7/h12H,1-6H2. The zero-order chi connectivity index (χ0) is 9.53. The predicted octanol–water partition coefficient (Wildman–Crippen LogP) is 0.986. The van der Waals surface area contributed by atoms with Crippen LogP contribution in [0, 0.1) is 0 Å². The van der Waals surface area contributed by atoms with E-state index in [9.17, 15) is 13.2 Å². The molecule has 1 spiro atoms. The van der Waals surface area contributed by atoms with E-state index in [4.69, 9.17) is 0 Å². The molecule has 0 radical (unpaired) electrons.